The first-order chi connectivity index (χ1) is 1.73. The summed E-state index contributed by atoms with van der Waals surface area (Å²) in [6.45, 7) is 0. The fraction of sp³-hybridized carbons (Fsp3) is 0. The summed E-state index contributed by atoms with van der Waals surface area (Å²) >= 11 is 0. The monoisotopic (exact) mass is 451 g/mol. The van der Waals surface area contributed by atoms with Crippen LogP contribution in [0.2, 0.25) is 0 Å². The third-order valence-corrected chi connectivity index (χ3v) is 0. The van der Waals surface area contributed by atoms with Crippen LogP contribution in [0.3, 0.4) is 0 Å². The maximum Gasteiger partial charge on any atom is 2.00 e. The molecule has 0 unspecified atom stereocenters. The molecule has 1 radical (unpaired) electrons. The molecule has 45 valence electrons. The van der Waals surface area contributed by atoms with E-state index in [1.165, 1.54) is 0 Å². The van der Waals surface area contributed by atoms with Crippen LogP contribution in [-0.2, 0) is 26.8 Å². The van der Waals surface area contributed by atoms with Crippen LogP contribution in [0.15, 0.2) is 0 Å². The van der Waals surface area contributed by atoms with Gasteiger partial charge in [-0.1, -0.05) is 0 Å². The molecule has 0 amide bonds. The molecule has 0 aromatic heterocycles. The van der Waals surface area contributed by atoms with Crippen LogP contribution in [-0.4, -0.2) is 101 Å². The first-order valence-corrected chi connectivity index (χ1v) is 1.95. The topological polar surface area (TPSA) is 57.5 Å². The Kier molecular flexibility index (Phi) is 85.9. The average Bonchev–Trinajstić information content (AvgIpc) is 0.811. The van der Waals surface area contributed by atoms with E-state index in [1.54, 1.807) is 0 Å². The van der Waals surface area contributed by atoms with Crippen LogP contribution in [0.25, 0.3) is 0 Å². The van der Waals surface area contributed by atoms with E-state index < -0.39 is 9.17 Å². The van der Waals surface area contributed by atoms with Crippen LogP contribution in [0.4, 0.5) is 0 Å². The molecular formula is H10AlGaO3SiSrTa. The van der Waals surface area contributed by atoms with E-state index in [9.17, 15) is 0 Å². The van der Waals surface area contributed by atoms with Gasteiger partial charge in [0.2, 0.25) is 0 Å². The summed E-state index contributed by atoms with van der Waals surface area (Å²) in [7, 11) is -3.13. The normalized spacial score (nSPS) is 3.00. The molecule has 0 spiro atoms. The molecule has 0 aliphatic heterocycles. The van der Waals surface area contributed by atoms with E-state index in [0.717, 1.165) is 0 Å². The van der Waals surface area contributed by atoms with E-state index in [-0.39, 0.29) is 108 Å². The average molecular weight is 451 g/mol. The van der Waals surface area contributed by atoms with Crippen molar-refractivity contribution in [3.63, 3.8) is 0 Å². The van der Waals surface area contributed by atoms with Gasteiger partial charge in [0.15, 0.2) is 17.4 Å². The second kappa shape index (κ2) is 22.5. The molecule has 0 saturated heterocycles. The molecule has 0 aromatic rings. The maximum absolute atomic E-state index is 8.74. The van der Waals surface area contributed by atoms with Crippen molar-refractivity contribution in [2.75, 3.05) is 0 Å². The summed E-state index contributed by atoms with van der Waals surface area (Å²) in [4.78, 5) is 14.3. The second-order valence-corrected chi connectivity index (χ2v) is 0.848. The van der Waals surface area contributed by atoms with Crippen molar-refractivity contribution < 1.29 is 39.3 Å². The predicted octanol–water partition coefficient (Wildman–Crippen LogP) is -4.14. The van der Waals surface area contributed by atoms with Crippen LogP contribution in [0.5, 0.6) is 0 Å². The Hall–Kier alpha value is 3.01. The fourth-order valence-electron chi connectivity index (χ4n) is 0. The Morgan fingerprint density at radius 3 is 1.38 bits per heavy atom. The van der Waals surface area contributed by atoms with Gasteiger partial charge in [0.25, 0.3) is 0 Å². The van der Waals surface area contributed by atoms with Gasteiger partial charge in [-0.05, 0) is 0 Å². The maximum atomic E-state index is 8.74. The Morgan fingerprint density at radius 2 is 1.38 bits per heavy atom. The molecule has 3 nitrogen and oxygen atoms in total. The Morgan fingerprint density at radius 1 is 1.38 bits per heavy atom. The van der Waals surface area contributed by atoms with Crippen LogP contribution < -0.4 is 0 Å². The standard InChI is InChI=1S/Al.Ga.H2O3Si.Sr.Ta.8H/c;;1-4(2)3;;;;;;;;;;/h;;1-2H;;;;;;;;;;/q;;;+2;;;;;;;;2*-1. The van der Waals surface area contributed by atoms with Gasteiger partial charge in [-0.25, -0.2) is 0 Å². The van der Waals surface area contributed by atoms with Crippen molar-refractivity contribution in [2.24, 2.45) is 0 Å². The summed E-state index contributed by atoms with van der Waals surface area (Å²) < 4.78 is 8.74. The summed E-state index contributed by atoms with van der Waals surface area (Å²) in [5.74, 6) is 0. The molecule has 0 heterocycles. The van der Waals surface area contributed by atoms with Gasteiger partial charge in [0.1, 0.15) is 0 Å². The van der Waals surface area contributed by atoms with Crippen molar-refractivity contribution in [1.29, 1.82) is 0 Å². The van der Waals surface area contributed by atoms with Gasteiger partial charge in [-0.15, -0.1) is 0 Å². The Bertz CT molecular complexity index is 49.5. The SMILES string of the molecule is O=[Si](O)O.[AlH3].[GaH3].[H-].[H-].[Sr+2].[Ta]. The van der Waals surface area contributed by atoms with E-state index >= 15 is 0 Å². The molecule has 0 aliphatic rings. The van der Waals surface area contributed by atoms with Gasteiger partial charge in [0.05, 0.1) is 0 Å². The Labute approximate surface area is 128 Å². The van der Waals surface area contributed by atoms with Gasteiger partial charge < -0.3 is 12.4 Å². The van der Waals surface area contributed by atoms with Gasteiger partial charge in [-0.2, -0.15) is 0 Å². The molecule has 0 fully saturated rings. The van der Waals surface area contributed by atoms with E-state index in [0.29, 0.717) is 0 Å². The zero-order valence-corrected chi connectivity index (χ0v) is 10.6. The molecule has 8 heteroatoms. The summed E-state index contributed by atoms with van der Waals surface area (Å²) in [5, 5.41) is 0. The van der Waals surface area contributed by atoms with Crippen molar-refractivity contribution in [1.82, 2.24) is 0 Å². The molecular weight excluding hydrogens is 441 g/mol. The molecule has 0 bridgehead atoms. The van der Waals surface area contributed by atoms with E-state index in [2.05, 4.69) is 0 Å². The van der Waals surface area contributed by atoms with Gasteiger partial charge in [0, 0.05) is 22.4 Å². The molecule has 0 aromatic carbocycles. The minimum atomic E-state index is -3.13. The van der Waals surface area contributed by atoms with Gasteiger partial charge >= 0.3 is 74.4 Å². The summed E-state index contributed by atoms with van der Waals surface area (Å²) in [6, 6.07) is 0. The van der Waals surface area contributed by atoms with Gasteiger partial charge in [-0.3, -0.25) is 4.46 Å². The largest absolute Gasteiger partial charge is 2.00 e. The zero-order chi connectivity index (χ0) is 3.58. The third-order valence-electron chi connectivity index (χ3n) is 0. The molecule has 8 heavy (non-hydrogen) atoms. The first kappa shape index (κ1) is 30.5. The van der Waals surface area contributed by atoms with Crippen LogP contribution in [0, 0.1) is 0 Å². The second-order valence-electron chi connectivity index (χ2n) is 0.283. The zero-order valence-electron chi connectivity index (χ0n) is 4.96. The summed E-state index contributed by atoms with van der Waals surface area (Å²) in [6.07, 6.45) is 0. The van der Waals surface area contributed by atoms with Crippen molar-refractivity contribution in [2.45, 2.75) is 0 Å². The van der Waals surface area contributed by atoms with Crippen LogP contribution in [0.1, 0.15) is 2.85 Å². The molecule has 0 saturated carbocycles. The number of rotatable bonds is 0. The Balaban J connectivity index is -0.00000000300. The third kappa shape index (κ3) is 63.9. The fourth-order valence-corrected chi connectivity index (χ4v) is 0. The predicted molar refractivity (Wildman–Crippen MR) is 38.7 cm³/mol. The summed E-state index contributed by atoms with van der Waals surface area (Å²) in [5.41, 5.74) is 0. The first-order valence-electron chi connectivity index (χ1n) is 0.651. The molecule has 0 atom stereocenters. The molecule has 2 N–H and O–H groups in total. The van der Waals surface area contributed by atoms with Crippen molar-refractivity contribution >= 4 is 91.8 Å². The van der Waals surface area contributed by atoms with E-state index in [1.807, 2.05) is 0 Å². The number of hydrogen-bond acceptors (Lipinski definition) is 1. The quantitative estimate of drug-likeness (QED) is 0.368. The smallest absolute Gasteiger partial charge is 1.00 e. The minimum absolute atomic E-state index is 0. The minimum Gasteiger partial charge on any atom is -1.00 e. The van der Waals surface area contributed by atoms with Crippen LogP contribution >= 0.6 is 0 Å². The van der Waals surface area contributed by atoms with Crippen molar-refractivity contribution in [3.05, 3.63) is 0 Å². The number of hydrogen-bond donors (Lipinski definition) is 2. The van der Waals surface area contributed by atoms with Crippen molar-refractivity contribution in [3.8, 4) is 0 Å². The molecule has 0 rings (SSSR count). The van der Waals surface area contributed by atoms with E-state index in [4.69, 9.17) is 14.1 Å². The molecule has 0 aliphatic carbocycles.